The Hall–Kier alpha value is -2.96. The minimum absolute atomic E-state index is 0.0423. The predicted octanol–water partition coefficient (Wildman–Crippen LogP) is 5.11. The van der Waals surface area contributed by atoms with Crippen molar-refractivity contribution in [2.24, 2.45) is 5.41 Å². The van der Waals surface area contributed by atoms with Crippen LogP contribution in [0, 0.1) is 12.3 Å². The lowest BCUT2D eigenvalue weighted by atomic mass is 9.81. The molecule has 0 aliphatic rings. The molecule has 0 saturated heterocycles. The molecule has 0 bridgehead atoms. The number of carbonyl (C=O) groups excluding carboxylic acids is 1. The Labute approximate surface area is 177 Å². The second kappa shape index (κ2) is 8.81. The molecule has 30 heavy (non-hydrogen) atoms. The number of aryl methyl sites for hydroxylation is 1. The largest absolute Gasteiger partial charge is 0.326 e. The lowest BCUT2D eigenvalue weighted by Crippen LogP contribution is -2.38. The van der Waals surface area contributed by atoms with Crippen molar-refractivity contribution in [3.8, 4) is 0 Å². The zero-order valence-electron chi connectivity index (χ0n) is 17.2. The highest BCUT2D eigenvalue weighted by atomic mass is 32.2. The van der Waals surface area contributed by atoms with E-state index in [2.05, 4.69) is 5.32 Å². The van der Waals surface area contributed by atoms with E-state index in [9.17, 15) is 13.2 Å². The second-order valence-electron chi connectivity index (χ2n) is 7.70. The van der Waals surface area contributed by atoms with Crippen LogP contribution < -0.4 is 5.32 Å². The van der Waals surface area contributed by atoms with E-state index in [-0.39, 0.29) is 10.8 Å². The summed E-state index contributed by atoms with van der Waals surface area (Å²) in [5, 5.41) is 2.87. The van der Waals surface area contributed by atoms with Gasteiger partial charge in [-0.05, 0) is 50.6 Å². The lowest BCUT2D eigenvalue weighted by molar-refractivity contribution is -0.128. The Kier molecular flexibility index (Phi) is 6.39. The van der Waals surface area contributed by atoms with E-state index < -0.39 is 21.6 Å². The van der Waals surface area contributed by atoms with Crippen LogP contribution >= 0.6 is 0 Å². The second-order valence-corrected chi connectivity index (χ2v) is 9.27. The number of anilines is 1. The number of hydrogen-bond acceptors (Lipinski definition) is 4. The van der Waals surface area contributed by atoms with Gasteiger partial charge < -0.3 is 5.32 Å². The Morgan fingerprint density at radius 1 is 0.867 bits per heavy atom. The summed E-state index contributed by atoms with van der Waals surface area (Å²) in [6, 6.07) is 24.2. The summed E-state index contributed by atoms with van der Waals surface area (Å²) in [6.45, 7) is 5.31. The van der Waals surface area contributed by atoms with Crippen molar-refractivity contribution < 1.29 is 17.4 Å². The van der Waals surface area contributed by atoms with E-state index in [0.717, 1.165) is 5.56 Å². The van der Waals surface area contributed by atoms with Crippen LogP contribution in [0.3, 0.4) is 0 Å². The van der Waals surface area contributed by atoms with Gasteiger partial charge in [-0.3, -0.25) is 8.98 Å². The topological polar surface area (TPSA) is 72.5 Å². The Morgan fingerprint density at radius 3 is 1.97 bits per heavy atom. The van der Waals surface area contributed by atoms with Crippen molar-refractivity contribution in [1.29, 1.82) is 0 Å². The van der Waals surface area contributed by atoms with Gasteiger partial charge in [0.15, 0.2) is 0 Å². The maximum Gasteiger partial charge on any atom is 0.297 e. The quantitative estimate of drug-likeness (QED) is 0.536. The number of hydrogen-bond donors (Lipinski definition) is 1. The van der Waals surface area contributed by atoms with Crippen LogP contribution in [-0.4, -0.2) is 14.3 Å². The minimum Gasteiger partial charge on any atom is -0.326 e. The molecule has 0 heterocycles. The molecule has 5 nitrogen and oxygen atoms in total. The lowest BCUT2D eigenvalue weighted by Gasteiger charge is -2.32. The van der Waals surface area contributed by atoms with Crippen molar-refractivity contribution in [2.75, 3.05) is 5.32 Å². The fraction of sp³-hybridized carbons (Fsp3) is 0.208. The molecule has 0 spiro atoms. The van der Waals surface area contributed by atoms with Gasteiger partial charge in [0.2, 0.25) is 5.91 Å². The average Bonchev–Trinajstić information content (AvgIpc) is 2.75. The summed E-state index contributed by atoms with van der Waals surface area (Å²) in [7, 11) is -4.08. The maximum absolute atomic E-state index is 13.2. The Morgan fingerprint density at radius 2 is 1.40 bits per heavy atom. The number of rotatable bonds is 7. The molecular formula is C24H25NO4S. The summed E-state index contributed by atoms with van der Waals surface area (Å²) in [5.41, 5.74) is 1.12. The van der Waals surface area contributed by atoms with Crippen molar-refractivity contribution in [1.82, 2.24) is 0 Å². The van der Waals surface area contributed by atoms with Crippen LogP contribution in [0.15, 0.2) is 89.8 Å². The highest BCUT2D eigenvalue weighted by Gasteiger charge is 2.42. The molecule has 0 aliphatic carbocycles. The van der Waals surface area contributed by atoms with Gasteiger partial charge in [0, 0.05) is 5.69 Å². The molecule has 0 aromatic heterocycles. The predicted molar refractivity (Wildman–Crippen MR) is 117 cm³/mol. The molecule has 1 unspecified atom stereocenters. The molecule has 1 amide bonds. The van der Waals surface area contributed by atoms with Gasteiger partial charge in [-0.2, -0.15) is 8.42 Å². The number of amides is 1. The summed E-state index contributed by atoms with van der Waals surface area (Å²) in [4.78, 5) is 13.2. The third-order valence-corrected chi connectivity index (χ3v) is 6.20. The molecule has 6 heteroatoms. The van der Waals surface area contributed by atoms with E-state index >= 15 is 0 Å². The van der Waals surface area contributed by atoms with Crippen LogP contribution in [0.5, 0.6) is 0 Å². The fourth-order valence-corrected chi connectivity index (χ4v) is 4.24. The first kappa shape index (κ1) is 21.7. The smallest absolute Gasteiger partial charge is 0.297 e. The van der Waals surface area contributed by atoms with Crippen LogP contribution in [0.4, 0.5) is 5.69 Å². The molecule has 1 atom stereocenters. The van der Waals surface area contributed by atoms with Gasteiger partial charge in [0.1, 0.15) is 6.10 Å². The van der Waals surface area contributed by atoms with Crippen LogP contribution in [-0.2, 0) is 19.1 Å². The van der Waals surface area contributed by atoms with Crippen molar-refractivity contribution in [2.45, 2.75) is 31.8 Å². The van der Waals surface area contributed by atoms with Gasteiger partial charge >= 0.3 is 0 Å². The first-order valence-corrected chi connectivity index (χ1v) is 11.0. The van der Waals surface area contributed by atoms with Crippen molar-refractivity contribution in [3.05, 3.63) is 96.1 Å². The molecule has 3 aromatic rings. The molecule has 1 N–H and O–H groups in total. The maximum atomic E-state index is 13.2. The Balaban J connectivity index is 1.95. The van der Waals surface area contributed by atoms with Gasteiger partial charge in [-0.15, -0.1) is 0 Å². The van der Waals surface area contributed by atoms with Crippen LogP contribution in [0.2, 0.25) is 0 Å². The molecule has 0 aliphatic heterocycles. The minimum atomic E-state index is -4.08. The third-order valence-electron chi connectivity index (χ3n) is 4.91. The van der Waals surface area contributed by atoms with Crippen LogP contribution in [0.25, 0.3) is 0 Å². The molecule has 0 radical (unpaired) electrons. The zero-order chi connectivity index (χ0) is 21.8. The van der Waals surface area contributed by atoms with Crippen molar-refractivity contribution >= 4 is 21.7 Å². The fourth-order valence-electron chi connectivity index (χ4n) is 3.04. The third kappa shape index (κ3) is 4.96. The summed E-state index contributed by atoms with van der Waals surface area (Å²) >= 11 is 0. The molecular weight excluding hydrogens is 398 g/mol. The molecule has 0 fully saturated rings. The van der Waals surface area contributed by atoms with E-state index in [1.807, 2.05) is 37.3 Å². The number of nitrogens with one attached hydrogen (secondary N) is 1. The Bertz CT molecular complexity index is 1090. The summed E-state index contributed by atoms with van der Waals surface area (Å²) in [5.74, 6) is -0.344. The molecule has 3 rings (SSSR count). The van der Waals surface area contributed by atoms with E-state index in [1.165, 1.54) is 12.1 Å². The standard InChI is InChI=1S/C24H25NO4S/c1-18-14-16-20(17-15-18)25-23(26)24(2,3)22(19-10-6-4-7-11-19)29-30(27,28)21-12-8-5-9-13-21/h4-17,22H,1-3H3,(H,25,26). The SMILES string of the molecule is Cc1ccc(NC(=O)C(C)(C)C(OS(=O)(=O)c2ccccc2)c2ccccc2)cc1. The van der Waals surface area contributed by atoms with Gasteiger partial charge in [0.25, 0.3) is 10.1 Å². The van der Waals surface area contributed by atoms with Gasteiger partial charge in [-0.25, -0.2) is 0 Å². The van der Waals surface area contributed by atoms with Crippen LogP contribution in [0.1, 0.15) is 31.1 Å². The average molecular weight is 424 g/mol. The highest BCUT2D eigenvalue weighted by molar-refractivity contribution is 7.86. The monoisotopic (exact) mass is 423 g/mol. The zero-order valence-corrected chi connectivity index (χ0v) is 18.0. The highest BCUT2D eigenvalue weighted by Crippen LogP contribution is 2.40. The van der Waals surface area contributed by atoms with Gasteiger partial charge in [-0.1, -0.05) is 66.2 Å². The van der Waals surface area contributed by atoms with E-state index in [0.29, 0.717) is 11.3 Å². The summed E-state index contributed by atoms with van der Waals surface area (Å²) in [6.07, 6.45) is -1.02. The van der Waals surface area contributed by atoms with E-state index in [1.54, 1.807) is 56.3 Å². The first-order valence-electron chi connectivity index (χ1n) is 9.61. The number of carbonyl (C=O) groups is 1. The summed E-state index contributed by atoms with van der Waals surface area (Å²) < 4.78 is 31.5. The number of benzene rings is 3. The van der Waals surface area contributed by atoms with E-state index in [4.69, 9.17) is 4.18 Å². The van der Waals surface area contributed by atoms with Crippen molar-refractivity contribution in [3.63, 3.8) is 0 Å². The first-order chi connectivity index (χ1) is 14.2. The van der Waals surface area contributed by atoms with Gasteiger partial charge in [0.05, 0.1) is 10.3 Å². The molecule has 0 saturated carbocycles. The molecule has 156 valence electrons. The normalized spacial score (nSPS) is 12.9. The molecule has 3 aromatic carbocycles.